The second kappa shape index (κ2) is 6.26. The maximum Gasteiger partial charge on any atom is 0.573 e. The molecular weight excluding hydrogens is 281 g/mol. The van der Waals surface area contributed by atoms with Crippen molar-refractivity contribution < 1.29 is 22.7 Å². The summed E-state index contributed by atoms with van der Waals surface area (Å²) in [6, 6.07) is 14.0. The van der Waals surface area contributed by atoms with Crippen LogP contribution in [-0.2, 0) is 0 Å². The lowest BCUT2D eigenvalue weighted by Gasteiger charge is -2.08. The summed E-state index contributed by atoms with van der Waals surface area (Å²) in [5, 5.41) is 0. The van der Waals surface area contributed by atoms with Crippen LogP contribution in [0.3, 0.4) is 0 Å². The predicted molar refractivity (Wildman–Crippen MR) is 72.9 cm³/mol. The van der Waals surface area contributed by atoms with Gasteiger partial charge in [-0.25, -0.2) is 0 Å². The lowest BCUT2D eigenvalue weighted by atomic mass is 10.1. The number of hydrogen-bond acceptors (Lipinski definition) is 2. The first-order chi connectivity index (χ1) is 9.94. The molecule has 2 aromatic carbocycles. The number of ketones is 1. The highest BCUT2D eigenvalue weighted by Crippen LogP contribution is 2.23. The van der Waals surface area contributed by atoms with Crippen molar-refractivity contribution in [1.82, 2.24) is 0 Å². The van der Waals surface area contributed by atoms with Crippen molar-refractivity contribution in [3.63, 3.8) is 0 Å². The predicted octanol–water partition coefficient (Wildman–Crippen LogP) is 4.48. The van der Waals surface area contributed by atoms with E-state index in [0.717, 1.165) is 0 Å². The molecule has 108 valence electrons. The van der Waals surface area contributed by atoms with E-state index < -0.39 is 6.36 Å². The fourth-order valence-corrected chi connectivity index (χ4v) is 1.65. The molecule has 0 radical (unpaired) electrons. The molecule has 0 fully saturated rings. The fraction of sp³-hybridized carbons (Fsp3) is 0.0625. The lowest BCUT2D eigenvalue weighted by molar-refractivity contribution is -0.274. The van der Waals surface area contributed by atoms with Crippen LogP contribution in [0.15, 0.2) is 60.7 Å². The van der Waals surface area contributed by atoms with Gasteiger partial charge in [0.2, 0.25) is 0 Å². The first-order valence-electron chi connectivity index (χ1n) is 6.07. The molecule has 0 saturated carbocycles. The molecule has 5 heteroatoms. The van der Waals surface area contributed by atoms with Gasteiger partial charge in [-0.3, -0.25) is 4.79 Å². The minimum Gasteiger partial charge on any atom is -0.406 e. The maximum absolute atomic E-state index is 12.0. The summed E-state index contributed by atoms with van der Waals surface area (Å²) < 4.78 is 39.8. The van der Waals surface area contributed by atoms with Gasteiger partial charge in [-0.05, 0) is 23.8 Å². The van der Waals surface area contributed by atoms with E-state index in [0.29, 0.717) is 11.1 Å². The van der Waals surface area contributed by atoms with Gasteiger partial charge in [-0.2, -0.15) is 0 Å². The van der Waals surface area contributed by atoms with Crippen LogP contribution in [0, 0.1) is 0 Å². The summed E-state index contributed by atoms with van der Waals surface area (Å²) in [6.07, 6.45) is -1.80. The molecule has 0 N–H and O–H groups in total. The highest BCUT2D eigenvalue weighted by molar-refractivity contribution is 6.06. The number of alkyl halides is 3. The van der Waals surface area contributed by atoms with E-state index in [1.165, 1.54) is 36.4 Å². The Morgan fingerprint density at radius 2 is 1.57 bits per heavy atom. The molecule has 2 aromatic rings. The number of hydrogen-bond donors (Lipinski definition) is 0. The standard InChI is InChI=1S/C16H11F3O2/c17-16(18,19)21-14-9-6-12(7-10-14)8-11-15(20)13-4-2-1-3-5-13/h1-11H. The number of allylic oxidation sites excluding steroid dienone is 1. The first kappa shape index (κ1) is 14.8. The molecule has 2 nitrogen and oxygen atoms in total. The topological polar surface area (TPSA) is 26.3 Å². The normalized spacial score (nSPS) is 11.6. The molecule has 0 aromatic heterocycles. The van der Waals surface area contributed by atoms with E-state index >= 15 is 0 Å². The molecule has 0 saturated heterocycles. The molecule has 0 amide bonds. The molecule has 0 unspecified atom stereocenters. The van der Waals surface area contributed by atoms with E-state index in [1.807, 2.05) is 0 Å². The van der Waals surface area contributed by atoms with Gasteiger partial charge in [-0.1, -0.05) is 48.5 Å². The van der Waals surface area contributed by atoms with Crippen LogP contribution in [0.5, 0.6) is 5.75 Å². The van der Waals surface area contributed by atoms with Crippen LogP contribution in [0.2, 0.25) is 0 Å². The smallest absolute Gasteiger partial charge is 0.406 e. The summed E-state index contributed by atoms with van der Waals surface area (Å²) in [7, 11) is 0. The van der Waals surface area contributed by atoms with Crippen molar-refractivity contribution in [2.75, 3.05) is 0 Å². The third-order valence-corrected chi connectivity index (χ3v) is 2.60. The van der Waals surface area contributed by atoms with Gasteiger partial charge < -0.3 is 4.74 Å². The van der Waals surface area contributed by atoms with Gasteiger partial charge in [0.25, 0.3) is 0 Å². The van der Waals surface area contributed by atoms with E-state index in [4.69, 9.17) is 0 Å². The minimum absolute atomic E-state index is 0.175. The molecule has 2 rings (SSSR count). The Morgan fingerprint density at radius 3 is 2.14 bits per heavy atom. The van der Waals surface area contributed by atoms with E-state index in [-0.39, 0.29) is 11.5 Å². The number of carbonyl (C=O) groups excluding carboxylic acids is 1. The van der Waals surface area contributed by atoms with Gasteiger partial charge in [-0.15, -0.1) is 13.2 Å². The van der Waals surface area contributed by atoms with Crippen molar-refractivity contribution >= 4 is 11.9 Å². The Morgan fingerprint density at radius 1 is 0.952 bits per heavy atom. The molecule has 0 aliphatic heterocycles. The summed E-state index contributed by atoms with van der Waals surface area (Å²) in [5.74, 6) is -0.472. The molecule has 0 bridgehead atoms. The van der Waals surface area contributed by atoms with Crippen LogP contribution in [0.4, 0.5) is 13.2 Å². The fourth-order valence-electron chi connectivity index (χ4n) is 1.65. The molecule has 21 heavy (non-hydrogen) atoms. The Labute approximate surface area is 119 Å². The quantitative estimate of drug-likeness (QED) is 0.613. The third kappa shape index (κ3) is 4.80. The summed E-state index contributed by atoms with van der Waals surface area (Å²) >= 11 is 0. The van der Waals surface area contributed by atoms with Gasteiger partial charge in [0.05, 0.1) is 0 Å². The van der Waals surface area contributed by atoms with E-state index in [1.54, 1.807) is 30.3 Å². The summed E-state index contributed by atoms with van der Waals surface area (Å²) in [5.41, 5.74) is 1.15. The van der Waals surface area contributed by atoms with Gasteiger partial charge in [0, 0.05) is 5.56 Å². The SMILES string of the molecule is O=C(C=Cc1ccc(OC(F)(F)F)cc1)c1ccccc1. The van der Waals surface area contributed by atoms with Crippen molar-refractivity contribution in [2.45, 2.75) is 6.36 Å². The molecule has 0 atom stereocenters. The molecule has 0 aliphatic rings. The van der Waals surface area contributed by atoms with E-state index in [9.17, 15) is 18.0 Å². The van der Waals surface area contributed by atoms with E-state index in [2.05, 4.69) is 4.74 Å². The van der Waals surface area contributed by atoms with Gasteiger partial charge >= 0.3 is 6.36 Å². The Bertz CT molecular complexity index is 629. The Kier molecular flexibility index (Phi) is 4.42. The van der Waals surface area contributed by atoms with Gasteiger partial charge in [0.1, 0.15) is 5.75 Å². The van der Waals surface area contributed by atoms with Crippen LogP contribution in [0.1, 0.15) is 15.9 Å². The Hall–Kier alpha value is -2.56. The number of carbonyl (C=O) groups is 1. The van der Waals surface area contributed by atoms with Crippen LogP contribution >= 0.6 is 0 Å². The molecule has 0 aliphatic carbocycles. The minimum atomic E-state index is -4.71. The maximum atomic E-state index is 12.0. The van der Waals surface area contributed by atoms with Crippen LogP contribution in [-0.4, -0.2) is 12.1 Å². The highest BCUT2D eigenvalue weighted by Gasteiger charge is 2.30. The van der Waals surface area contributed by atoms with Crippen LogP contribution in [0.25, 0.3) is 6.08 Å². The first-order valence-corrected chi connectivity index (χ1v) is 6.07. The van der Waals surface area contributed by atoms with Gasteiger partial charge in [0.15, 0.2) is 5.78 Å². The third-order valence-electron chi connectivity index (χ3n) is 2.60. The number of rotatable bonds is 4. The lowest BCUT2D eigenvalue weighted by Crippen LogP contribution is -2.16. The number of ether oxygens (including phenoxy) is 1. The molecule has 0 spiro atoms. The number of benzene rings is 2. The molecule has 0 heterocycles. The zero-order chi connectivity index (χ0) is 15.3. The zero-order valence-corrected chi connectivity index (χ0v) is 10.8. The largest absolute Gasteiger partial charge is 0.573 e. The summed E-state index contributed by atoms with van der Waals surface area (Å²) in [4.78, 5) is 11.8. The second-order valence-corrected chi connectivity index (χ2v) is 4.18. The van der Waals surface area contributed by atoms with Crippen molar-refractivity contribution in [3.8, 4) is 5.75 Å². The summed E-state index contributed by atoms with van der Waals surface area (Å²) in [6.45, 7) is 0. The Balaban J connectivity index is 2.03. The average molecular weight is 292 g/mol. The second-order valence-electron chi connectivity index (χ2n) is 4.18. The molecular formula is C16H11F3O2. The monoisotopic (exact) mass is 292 g/mol. The van der Waals surface area contributed by atoms with Crippen molar-refractivity contribution in [2.24, 2.45) is 0 Å². The number of halogens is 3. The highest BCUT2D eigenvalue weighted by atomic mass is 19.4. The zero-order valence-electron chi connectivity index (χ0n) is 10.8. The van der Waals surface area contributed by atoms with Crippen molar-refractivity contribution in [1.29, 1.82) is 0 Å². The van der Waals surface area contributed by atoms with Crippen LogP contribution < -0.4 is 4.74 Å². The van der Waals surface area contributed by atoms with Crippen molar-refractivity contribution in [3.05, 3.63) is 71.8 Å². The average Bonchev–Trinajstić information content (AvgIpc) is 2.45.